The molecule has 142 valence electrons. The fourth-order valence-corrected chi connectivity index (χ4v) is 5.04. The van der Waals surface area contributed by atoms with Crippen molar-refractivity contribution < 1.29 is 9.53 Å². The summed E-state index contributed by atoms with van der Waals surface area (Å²) in [5.74, 6) is 0.0687. The summed E-state index contributed by atoms with van der Waals surface area (Å²) in [5.41, 5.74) is 5.87. The lowest BCUT2D eigenvalue weighted by Gasteiger charge is -2.41. The molecule has 1 N–H and O–H groups in total. The number of carbonyl (C=O) groups is 1. The first-order chi connectivity index (χ1) is 13.5. The van der Waals surface area contributed by atoms with Gasteiger partial charge >= 0.3 is 5.97 Å². The number of ether oxygens (including phenoxy) is 1. The topological polar surface area (TPSA) is 41.6 Å². The lowest BCUT2D eigenvalue weighted by atomic mass is 9.81. The van der Waals surface area contributed by atoms with E-state index >= 15 is 0 Å². The Morgan fingerprint density at radius 1 is 1.25 bits per heavy atom. The van der Waals surface area contributed by atoms with Crippen LogP contribution in [-0.4, -0.2) is 38.3 Å². The summed E-state index contributed by atoms with van der Waals surface area (Å²) in [6.07, 6.45) is 1.59. The molecule has 3 aliphatic rings. The van der Waals surface area contributed by atoms with Crippen LogP contribution in [-0.2, 0) is 10.3 Å². The lowest BCUT2D eigenvalue weighted by Crippen LogP contribution is -2.43. The first-order valence-corrected chi connectivity index (χ1v) is 10.2. The molecule has 1 fully saturated rings. The van der Waals surface area contributed by atoms with Gasteiger partial charge in [-0.15, -0.1) is 0 Å². The minimum Gasteiger partial charge on any atom is -0.450 e. The quantitative estimate of drug-likeness (QED) is 0.630. The number of hydrogen-bond donors (Lipinski definition) is 1. The third-order valence-electron chi connectivity index (χ3n) is 6.44. The Morgan fingerprint density at radius 2 is 2.04 bits per heavy atom. The van der Waals surface area contributed by atoms with E-state index < -0.39 is 5.60 Å². The molecule has 0 radical (unpaired) electrons. The minimum atomic E-state index is -0.476. The highest BCUT2D eigenvalue weighted by Crippen LogP contribution is 2.46. The fourth-order valence-electron chi connectivity index (χ4n) is 4.86. The number of fused-ring (bicyclic) bond motifs is 3. The molecule has 3 heterocycles. The lowest BCUT2D eigenvalue weighted by molar-refractivity contribution is -0.0388. The third kappa shape index (κ3) is 2.64. The van der Waals surface area contributed by atoms with Crippen LogP contribution >= 0.6 is 11.6 Å². The summed E-state index contributed by atoms with van der Waals surface area (Å²) in [6.45, 7) is 6.92. The number of anilines is 1. The molecule has 1 spiro atoms. The van der Waals surface area contributed by atoms with Crippen molar-refractivity contribution in [3.05, 3.63) is 70.4 Å². The number of rotatable bonds is 2. The van der Waals surface area contributed by atoms with E-state index in [4.69, 9.17) is 16.3 Å². The molecule has 0 amide bonds. The van der Waals surface area contributed by atoms with Crippen molar-refractivity contribution in [2.45, 2.75) is 24.4 Å². The van der Waals surface area contributed by atoms with E-state index in [0.717, 1.165) is 65.5 Å². The van der Waals surface area contributed by atoms with E-state index in [1.807, 2.05) is 26.0 Å². The second-order valence-electron chi connectivity index (χ2n) is 8.08. The minimum absolute atomic E-state index is 0.184. The van der Waals surface area contributed by atoms with Crippen LogP contribution in [0.15, 0.2) is 48.7 Å². The second kappa shape index (κ2) is 6.31. The van der Waals surface area contributed by atoms with Gasteiger partial charge in [-0.25, -0.2) is 4.79 Å². The zero-order valence-corrected chi connectivity index (χ0v) is 16.7. The van der Waals surface area contributed by atoms with Gasteiger partial charge in [-0.1, -0.05) is 47.9 Å². The molecule has 0 aromatic heterocycles. The summed E-state index contributed by atoms with van der Waals surface area (Å²) in [4.78, 5) is 14.8. The predicted octanol–water partition coefficient (Wildman–Crippen LogP) is 2.78. The molecule has 1 unspecified atom stereocenters. The highest BCUT2D eigenvalue weighted by molar-refractivity contribution is 6.32. The van der Waals surface area contributed by atoms with Crippen LogP contribution in [0.25, 0.3) is 0 Å². The van der Waals surface area contributed by atoms with Crippen LogP contribution in [0, 0.1) is 0 Å². The maximum Gasteiger partial charge on any atom is 0.339 e. The Hall–Kier alpha value is -2.40. The second-order valence-corrected chi connectivity index (χ2v) is 8.51. The van der Waals surface area contributed by atoms with Gasteiger partial charge in [0.15, 0.2) is 0 Å². The molecule has 4 nitrogen and oxygen atoms in total. The Bertz CT molecular complexity index is 998. The number of piperidine rings is 1. The molecular weight excluding hydrogens is 371 g/mol. The number of likely N-dealkylation sites (tertiary alicyclic amines) is 1. The van der Waals surface area contributed by atoms with Crippen LogP contribution in [0.1, 0.15) is 40.2 Å². The van der Waals surface area contributed by atoms with Gasteiger partial charge in [0.1, 0.15) is 13.4 Å². The van der Waals surface area contributed by atoms with Crippen molar-refractivity contribution in [2.75, 3.05) is 25.0 Å². The maximum absolute atomic E-state index is 12.4. The molecule has 1 atom stereocenters. The van der Waals surface area contributed by atoms with Crippen LogP contribution in [0.5, 0.6) is 0 Å². The van der Waals surface area contributed by atoms with Gasteiger partial charge in [0.25, 0.3) is 0 Å². The number of halogens is 1. The van der Waals surface area contributed by atoms with Crippen molar-refractivity contribution >= 4 is 36.6 Å². The van der Waals surface area contributed by atoms with E-state index in [-0.39, 0.29) is 11.9 Å². The Labute approximate surface area is 170 Å². The molecule has 28 heavy (non-hydrogen) atoms. The molecule has 6 heteroatoms. The standard InChI is InChI=1S/C22H22BClN2O2/c1-13(18-12-25-20-11-15(24)3-4-16(18)20)26-8-6-22(7-9-26)19-5-2-14(23)10-17(19)21(27)28-22/h2-5,10-11,18,25H,1,6-9,12,23H2. The van der Waals surface area contributed by atoms with E-state index in [1.165, 1.54) is 5.56 Å². The first-order valence-electron chi connectivity index (χ1n) is 9.78. The summed E-state index contributed by atoms with van der Waals surface area (Å²) >= 11 is 6.12. The van der Waals surface area contributed by atoms with Crippen LogP contribution in [0.2, 0.25) is 5.02 Å². The van der Waals surface area contributed by atoms with E-state index in [1.54, 1.807) is 0 Å². The van der Waals surface area contributed by atoms with Crippen molar-refractivity contribution in [1.82, 2.24) is 4.90 Å². The van der Waals surface area contributed by atoms with Gasteiger partial charge in [-0.2, -0.15) is 0 Å². The maximum atomic E-state index is 12.4. The van der Waals surface area contributed by atoms with Gasteiger partial charge < -0.3 is 15.0 Å². The number of esters is 1. The van der Waals surface area contributed by atoms with Crippen molar-refractivity contribution in [2.24, 2.45) is 0 Å². The van der Waals surface area contributed by atoms with Gasteiger partial charge in [0.2, 0.25) is 0 Å². The molecular formula is C22H22BClN2O2. The third-order valence-corrected chi connectivity index (χ3v) is 6.68. The number of nitrogens with zero attached hydrogens (tertiary/aromatic N) is 1. The van der Waals surface area contributed by atoms with Crippen molar-refractivity contribution in [3.63, 3.8) is 0 Å². The highest BCUT2D eigenvalue weighted by atomic mass is 35.5. The summed E-state index contributed by atoms with van der Waals surface area (Å²) in [5, 5.41) is 4.19. The van der Waals surface area contributed by atoms with Crippen LogP contribution in [0.3, 0.4) is 0 Å². The average molecular weight is 393 g/mol. The summed E-state index contributed by atoms with van der Waals surface area (Å²) < 4.78 is 5.92. The Morgan fingerprint density at radius 3 is 2.82 bits per heavy atom. The van der Waals surface area contributed by atoms with Gasteiger partial charge in [0, 0.05) is 60.4 Å². The fraction of sp³-hybridized carbons (Fsp3) is 0.318. The monoisotopic (exact) mass is 392 g/mol. The Balaban J connectivity index is 1.34. The molecule has 0 aliphatic carbocycles. The molecule has 0 saturated carbocycles. The number of hydrogen-bond acceptors (Lipinski definition) is 4. The summed E-state index contributed by atoms with van der Waals surface area (Å²) in [7, 11) is 2.01. The smallest absolute Gasteiger partial charge is 0.339 e. The average Bonchev–Trinajstić information content (AvgIpc) is 3.21. The predicted molar refractivity (Wildman–Crippen MR) is 114 cm³/mol. The molecule has 5 rings (SSSR count). The number of nitrogens with one attached hydrogen (secondary N) is 1. The van der Waals surface area contributed by atoms with E-state index in [0.29, 0.717) is 0 Å². The van der Waals surface area contributed by atoms with Crippen molar-refractivity contribution in [1.29, 1.82) is 0 Å². The molecule has 0 bridgehead atoms. The highest BCUT2D eigenvalue weighted by Gasteiger charge is 2.47. The van der Waals surface area contributed by atoms with Gasteiger partial charge in [-0.3, -0.25) is 0 Å². The van der Waals surface area contributed by atoms with Crippen LogP contribution in [0.4, 0.5) is 5.69 Å². The largest absolute Gasteiger partial charge is 0.450 e. The number of benzene rings is 2. The van der Waals surface area contributed by atoms with Gasteiger partial charge in [0.05, 0.1) is 5.56 Å². The normalized spacial score (nSPS) is 21.8. The van der Waals surface area contributed by atoms with Gasteiger partial charge in [-0.05, 0) is 17.7 Å². The molecule has 1 saturated heterocycles. The van der Waals surface area contributed by atoms with E-state index in [2.05, 4.69) is 35.0 Å². The number of carbonyl (C=O) groups excluding carboxylic acids is 1. The zero-order valence-electron chi connectivity index (χ0n) is 15.9. The summed E-state index contributed by atoms with van der Waals surface area (Å²) in [6, 6.07) is 12.1. The SMILES string of the molecule is Bc1ccc2c(c1)C(=O)OC21CCN(C(=C)C2CNc3cc(Cl)ccc32)CC1. The van der Waals surface area contributed by atoms with E-state index in [9.17, 15) is 4.79 Å². The molecule has 2 aromatic carbocycles. The van der Waals surface area contributed by atoms with Crippen LogP contribution < -0.4 is 10.8 Å². The zero-order chi connectivity index (χ0) is 19.5. The Kier molecular flexibility index (Phi) is 3.99. The van der Waals surface area contributed by atoms with Crippen molar-refractivity contribution in [3.8, 4) is 0 Å². The molecule has 3 aliphatic heterocycles. The molecule has 2 aromatic rings. The first kappa shape index (κ1) is 17.7.